The number of nitrogens with zero attached hydrogens (tertiary/aromatic N) is 1. The van der Waals surface area contributed by atoms with E-state index in [0.29, 0.717) is 6.04 Å². The molecule has 1 heterocycles. The smallest absolute Gasteiger partial charge is 0.0899 e. The van der Waals surface area contributed by atoms with E-state index in [9.17, 15) is 0 Å². The van der Waals surface area contributed by atoms with Gasteiger partial charge in [0.15, 0.2) is 0 Å². The fourth-order valence-corrected chi connectivity index (χ4v) is 2.04. The van der Waals surface area contributed by atoms with Crippen LogP contribution in [-0.4, -0.2) is 38.9 Å². The van der Waals surface area contributed by atoms with Crippen LogP contribution in [0.1, 0.15) is 6.92 Å². The van der Waals surface area contributed by atoms with Crippen molar-refractivity contribution >= 4 is 5.69 Å². The zero-order valence-corrected chi connectivity index (χ0v) is 10.0. The maximum absolute atomic E-state index is 5.78. The first kappa shape index (κ1) is 11.4. The molecule has 0 amide bonds. The van der Waals surface area contributed by atoms with Crippen molar-refractivity contribution in [3.05, 3.63) is 30.3 Å². The molecule has 0 aromatic heterocycles. The Morgan fingerprint density at radius 1 is 1.38 bits per heavy atom. The normalized spacial score (nSPS) is 22.8. The number of hydrogen-bond donors (Lipinski definition) is 1. The lowest BCUT2D eigenvalue weighted by Gasteiger charge is -2.35. The fourth-order valence-electron chi connectivity index (χ4n) is 2.04. The van der Waals surface area contributed by atoms with Gasteiger partial charge in [0.2, 0.25) is 0 Å². The minimum atomic E-state index is 0.277. The highest BCUT2D eigenvalue weighted by Gasteiger charge is 2.23. The number of nitrogens with one attached hydrogen (secondary N) is 1. The zero-order chi connectivity index (χ0) is 11.4. The molecule has 0 aliphatic carbocycles. The van der Waals surface area contributed by atoms with Crippen LogP contribution in [0.2, 0.25) is 0 Å². The summed E-state index contributed by atoms with van der Waals surface area (Å²) >= 11 is 0. The molecule has 1 N–H and O–H groups in total. The van der Waals surface area contributed by atoms with Crippen LogP contribution in [0.3, 0.4) is 0 Å². The van der Waals surface area contributed by atoms with Crippen molar-refractivity contribution in [1.82, 2.24) is 5.32 Å². The van der Waals surface area contributed by atoms with Gasteiger partial charge in [-0.05, 0) is 19.1 Å². The summed E-state index contributed by atoms with van der Waals surface area (Å²) in [5.74, 6) is 0. The van der Waals surface area contributed by atoms with Crippen LogP contribution >= 0.6 is 0 Å². The van der Waals surface area contributed by atoms with Gasteiger partial charge in [-0.3, -0.25) is 0 Å². The summed E-state index contributed by atoms with van der Waals surface area (Å²) in [6.45, 7) is 4.94. The lowest BCUT2D eigenvalue weighted by Crippen LogP contribution is -2.50. The highest BCUT2D eigenvalue weighted by Crippen LogP contribution is 2.17. The van der Waals surface area contributed by atoms with Gasteiger partial charge in [-0.2, -0.15) is 0 Å². The molecule has 1 saturated heterocycles. The fraction of sp³-hybridized carbons (Fsp3) is 0.538. The second-order valence-electron chi connectivity index (χ2n) is 4.30. The van der Waals surface area contributed by atoms with E-state index in [0.717, 1.165) is 19.7 Å². The molecule has 2 unspecified atom stereocenters. The van der Waals surface area contributed by atoms with Gasteiger partial charge in [-0.25, -0.2) is 0 Å². The maximum Gasteiger partial charge on any atom is 0.0899 e. The second-order valence-corrected chi connectivity index (χ2v) is 4.30. The predicted octanol–water partition coefficient (Wildman–Crippen LogP) is 1.50. The van der Waals surface area contributed by atoms with E-state index in [1.807, 2.05) is 6.07 Å². The molecule has 16 heavy (non-hydrogen) atoms. The van der Waals surface area contributed by atoms with Crippen LogP contribution in [-0.2, 0) is 4.74 Å². The third kappa shape index (κ3) is 2.54. The van der Waals surface area contributed by atoms with Crippen LogP contribution in [0.25, 0.3) is 0 Å². The van der Waals surface area contributed by atoms with Crippen LogP contribution in [0, 0.1) is 0 Å². The van der Waals surface area contributed by atoms with Crippen molar-refractivity contribution in [3.8, 4) is 0 Å². The van der Waals surface area contributed by atoms with Crippen molar-refractivity contribution in [1.29, 1.82) is 0 Å². The molecule has 88 valence electrons. The lowest BCUT2D eigenvalue weighted by molar-refractivity contribution is 0.0153. The average molecular weight is 220 g/mol. The third-order valence-electron chi connectivity index (χ3n) is 3.27. The monoisotopic (exact) mass is 220 g/mol. The Bertz CT molecular complexity index is 309. The molecule has 1 aromatic carbocycles. The van der Waals surface area contributed by atoms with Crippen LogP contribution in [0.5, 0.6) is 0 Å². The molecular weight excluding hydrogens is 200 g/mol. The van der Waals surface area contributed by atoms with E-state index < -0.39 is 0 Å². The number of rotatable bonds is 3. The Morgan fingerprint density at radius 2 is 2.12 bits per heavy atom. The summed E-state index contributed by atoms with van der Waals surface area (Å²) in [6.07, 6.45) is 0.277. The average Bonchev–Trinajstić information content (AvgIpc) is 2.39. The molecule has 3 heteroatoms. The molecule has 0 radical (unpaired) electrons. The Morgan fingerprint density at radius 3 is 2.75 bits per heavy atom. The Balaban J connectivity index is 2.00. The van der Waals surface area contributed by atoms with Gasteiger partial charge in [0.25, 0.3) is 0 Å². The van der Waals surface area contributed by atoms with E-state index >= 15 is 0 Å². The van der Waals surface area contributed by atoms with Gasteiger partial charge >= 0.3 is 0 Å². The molecule has 0 spiro atoms. The van der Waals surface area contributed by atoms with Gasteiger partial charge in [-0.15, -0.1) is 0 Å². The van der Waals surface area contributed by atoms with Crippen LogP contribution in [0.15, 0.2) is 30.3 Å². The quantitative estimate of drug-likeness (QED) is 0.835. The standard InChI is InChI=1S/C13H20N2O/c1-11(13-10-14-8-9-16-13)15(2)12-6-4-3-5-7-12/h3-7,11,13-14H,8-10H2,1-2H3. The number of morpholine rings is 1. The van der Waals surface area contributed by atoms with E-state index in [1.54, 1.807) is 0 Å². The van der Waals surface area contributed by atoms with Crippen molar-refractivity contribution in [2.24, 2.45) is 0 Å². The molecular formula is C13H20N2O. The van der Waals surface area contributed by atoms with E-state index in [2.05, 4.69) is 48.5 Å². The van der Waals surface area contributed by atoms with Gasteiger partial charge < -0.3 is 15.0 Å². The molecule has 0 bridgehead atoms. The van der Waals surface area contributed by atoms with Crippen LogP contribution < -0.4 is 10.2 Å². The number of benzene rings is 1. The van der Waals surface area contributed by atoms with Crippen molar-refractivity contribution < 1.29 is 4.74 Å². The summed E-state index contributed by atoms with van der Waals surface area (Å²) in [6, 6.07) is 10.8. The number of para-hydroxylation sites is 1. The molecule has 0 saturated carbocycles. The SMILES string of the molecule is CC(C1CNCCO1)N(C)c1ccccc1. The highest BCUT2D eigenvalue weighted by molar-refractivity contribution is 5.46. The summed E-state index contributed by atoms with van der Waals surface area (Å²) in [7, 11) is 2.12. The first-order valence-corrected chi connectivity index (χ1v) is 5.89. The number of ether oxygens (including phenoxy) is 1. The number of likely N-dealkylation sites (N-methyl/N-ethyl adjacent to an activating group) is 1. The van der Waals surface area contributed by atoms with E-state index in [-0.39, 0.29) is 6.10 Å². The Hall–Kier alpha value is -1.06. The summed E-state index contributed by atoms with van der Waals surface area (Å²) in [5, 5.41) is 3.37. The number of anilines is 1. The third-order valence-corrected chi connectivity index (χ3v) is 3.27. The molecule has 1 aliphatic heterocycles. The van der Waals surface area contributed by atoms with E-state index in [1.165, 1.54) is 5.69 Å². The second kappa shape index (κ2) is 5.32. The first-order chi connectivity index (χ1) is 7.79. The van der Waals surface area contributed by atoms with Gasteiger partial charge in [0, 0.05) is 25.8 Å². The van der Waals surface area contributed by atoms with Gasteiger partial charge in [0.1, 0.15) is 0 Å². The molecule has 1 aliphatic rings. The first-order valence-electron chi connectivity index (χ1n) is 5.89. The summed E-state index contributed by atoms with van der Waals surface area (Å²) in [5.41, 5.74) is 1.24. The molecule has 1 fully saturated rings. The predicted molar refractivity (Wildman–Crippen MR) is 66.9 cm³/mol. The Labute approximate surface area is 97.4 Å². The van der Waals surface area contributed by atoms with E-state index in [4.69, 9.17) is 4.74 Å². The van der Waals surface area contributed by atoms with Crippen molar-refractivity contribution in [3.63, 3.8) is 0 Å². The minimum Gasteiger partial charge on any atom is -0.373 e. The minimum absolute atomic E-state index is 0.277. The van der Waals surface area contributed by atoms with Crippen molar-refractivity contribution in [2.45, 2.75) is 19.1 Å². The van der Waals surface area contributed by atoms with Crippen LogP contribution in [0.4, 0.5) is 5.69 Å². The summed E-state index contributed by atoms with van der Waals surface area (Å²) < 4.78 is 5.78. The number of hydrogen-bond acceptors (Lipinski definition) is 3. The highest BCUT2D eigenvalue weighted by atomic mass is 16.5. The van der Waals surface area contributed by atoms with Crippen molar-refractivity contribution in [2.75, 3.05) is 31.6 Å². The molecule has 3 nitrogen and oxygen atoms in total. The molecule has 2 rings (SSSR count). The maximum atomic E-state index is 5.78. The van der Waals surface area contributed by atoms with Gasteiger partial charge in [-0.1, -0.05) is 18.2 Å². The zero-order valence-electron chi connectivity index (χ0n) is 10.0. The largest absolute Gasteiger partial charge is 0.373 e. The molecule has 2 atom stereocenters. The Kier molecular flexibility index (Phi) is 3.80. The molecule has 1 aromatic rings. The van der Waals surface area contributed by atoms with Gasteiger partial charge in [0.05, 0.1) is 18.8 Å². The lowest BCUT2D eigenvalue weighted by atomic mass is 10.1. The topological polar surface area (TPSA) is 24.5 Å². The summed E-state index contributed by atoms with van der Waals surface area (Å²) in [4.78, 5) is 2.28.